The molecule has 1 saturated heterocycles. The molecule has 2 rings (SSSR count). The zero-order chi connectivity index (χ0) is 16.9. The molecule has 0 bridgehead atoms. The molecule has 0 radical (unpaired) electrons. The number of halogens is 1. The maximum Gasteiger partial charge on any atom is 0.230 e. The van der Waals surface area contributed by atoms with Gasteiger partial charge in [0.25, 0.3) is 0 Å². The van der Waals surface area contributed by atoms with Crippen LogP contribution in [0, 0.1) is 11.7 Å². The molecule has 1 heterocycles. The van der Waals surface area contributed by atoms with Gasteiger partial charge in [0.2, 0.25) is 5.91 Å². The van der Waals surface area contributed by atoms with Gasteiger partial charge in [0, 0.05) is 19.8 Å². The fourth-order valence-electron chi connectivity index (χ4n) is 2.99. The summed E-state index contributed by atoms with van der Waals surface area (Å²) in [5.74, 6) is -0.286. The highest BCUT2D eigenvalue weighted by atomic mass is 19.1. The number of hydrogen-bond acceptors (Lipinski definition) is 3. The van der Waals surface area contributed by atoms with Crippen LogP contribution in [0.2, 0.25) is 0 Å². The van der Waals surface area contributed by atoms with Gasteiger partial charge in [-0.25, -0.2) is 4.39 Å². The number of carbonyl (C=O) groups is 1. The molecule has 0 saturated carbocycles. The van der Waals surface area contributed by atoms with Crippen molar-refractivity contribution in [2.75, 3.05) is 19.8 Å². The molecule has 2 N–H and O–H groups in total. The number of hydrogen-bond donors (Lipinski definition) is 2. The Morgan fingerprint density at radius 1 is 1.39 bits per heavy atom. The second-order valence-electron chi connectivity index (χ2n) is 6.56. The van der Waals surface area contributed by atoms with Gasteiger partial charge >= 0.3 is 0 Å². The quantitative estimate of drug-likeness (QED) is 0.845. The second-order valence-corrected chi connectivity index (χ2v) is 6.56. The van der Waals surface area contributed by atoms with E-state index in [2.05, 4.69) is 5.32 Å². The minimum absolute atomic E-state index is 0.109. The summed E-state index contributed by atoms with van der Waals surface area (Å²) < 4.78 is 19.0. The Kier molecular flexibility index (Phi) is 6.13. The molecule has 1 unspecified atom stereocenters. The lowest BCUT2D eigenvalue weighted by atomic mass is 9.73. The second kappa shape index (κ2) is 7.88. The maximum atomic E-state index is 13.6. The van der Waals surface area contributed by atoms with Gasteiger partial charge in [-0.3, -0.25) is 4.79 Å². The lowest BCUT2D eigenvalue weighted by molar-refractivity contribution is -0.130. The normalized spacial score (nSPS) is 18.7. The van der Waals surface area contributed by atoms with E-state index < -0.39 is 11.5 Å². The molecule has 23 heavy (non-hydrogen) atoms. The molecule has 1 fully saturated rings. The lowest BCUT2D eigenvalue weighted by Crippen LogP contribution is -2.48. The first-order valence-electron chi connectivity index (χ1n) is 8.26. The van der Waals surface area contributed by atoms with Crippen LogP contribution in [0.4, 0.5) is 4.39 Å². The van der Waals surface area contributed by atoms with Crippen molar-refractivity contribution >= 4 is 5.91 Å². The van der Waals surface area contributed by atoms with Gasteiger partial charge in [-0.2, -0.15) is 0 Å². The summed E-state index contributed by atoms with van der Waals surface area (Å²) >= 11 is 0. The lowest BCUT2D eigenvalue weighted by Gasteiger charge is -2.36. The minimum Gasteiger partial charge on any atom is -0.393 e. The van der Waals surface area contributed by atoms with Crippen LogP contribution in [0.25, 0.3) is 0 Å². The number of rotatable bonds is 6. The molecule has 5 heteroatoms. The van der Waals surface area contributed by atoms with E-state index >= 15 is 0 Å². The first-order chi connectivity index (χ1) is 11.0. The van der Waals surface area contributed by atoms with Gasteiger partial charge in [-0.15, -0.1) is 0 Å². The number of nitrogens with one attached hydrogen (secondary N) is 1. The highest BCUT2D eigenvalue weighted by molar-refractivity contribution is 5.88. The van der Waals surface area contributed by atoms with E-state index in [1.807, 2.05) is 13.8 Å². The Morgan fingerprint density at radius 3 is 2.70 bits per heavy atom. The van der Waals surface area contributed by atoms with E-state index in [1.54, 1.807) is 12.1 Å². The van der Waals surface area contributed by atoms with E-state index in [0.717, 1.165) is 0 Å². The Hall–Kier alpha value is -1.46. The third-order valence-electron chi connectivity index (χ3n) is 4.65. The highest BCUT2D eigenvalue weighted by Crippen LogP contribution is 2.35. The van der Waals surface area contributed by atoms with E-state index in [-0.39, 0.29) is 17.6 Å². The van der Waals surface area contributed by atoms with Crippen LogP contribution >= 0.6 is 0 Å². The summed E-state index contributed by atoms with van der Waals surface area (Å²) in [5, 5.41) is 12.8. The number of amides is 1. The zero-order valence-electron chi connectivity index (χ0n) is 13.8. The van der Waals surface area contributed by atoms with E-state index in [1.165, 1.54) is 12.1 Å². The molecule has 1 aliphatic heterocycles. The number of carbonyl (C=O) groups excluding carboxylic acids is 1. The first kappa shape index (κ1) is 17.9. The fourth-order valence-corrected chi connectivity index (χ4v) is 2.99. The zero-order valence-corrected chi connectivity index (χ0v) is 13.8. The Morgan fingerprint density at radius 2 is 2.09 bits per heavy atom. The number of aliphatic hydroxyl groups is 1. The van der Waals surface area contributed by atoms with Gasteiger partial charge in [-0.05, 0) is 42.9 Å². The number of ether oxygens (including phenoxy) is 1. The Labute approximate surface area is 137 Å². The summed E-state index contributed by atoms with van der Waals surface area (Å²) in [6.45, 7) is 5.27. The van der Waals surface area contributed by atoms with Crippen LogP contribution in [0.15, 0.2) is 24.3 Å². The molecule has 1 amide bonds. The molecule has 1 aliphatic rings. The van der Waals surface area contributed by atoms with Crippen molar-refractivity contribution < 1.29 is 19.0 Å². The van der Waals surface area contributed by atoms with Crippen molar-refractivity contribution in [3.63, 3.8) is 0 Å². The summed E-state index contributed by atoms with van der Waals surface area (Å²) in [6.07, 6.45) is 1.15. The topological polar surface area (TPSA) is 58.6 Å². The summed E-state index contributed by atoms with van der Waals surface area (Å²) in [4.78, 5) is 12.8. The van der Waals surface area contributed by atoms with Gasteiger partial charge < -0.3 is 15.2 Å². The first-order valence-corrected chi connectivity index (χ1v) is 8.26. The SMILES string of the molecule is CC(C)C(O)CCNC(=O)C1(c2cccc(F)c2)CCOCC1. The monoisotopic (exact) mass is 323 g/mol. The standard InChI is InChI=1S/C18H26FNO3/c1-13(2)16(21)6-9-20-17(22)18(7-10-23-11-8-18)14-4-3-5-15(19)12-14/h3-5,12-13,16,21H,6-11H2,1-2H3,(H,20,22). The van der Waals surface area contributed by atoms with Crippen molar-refractivity contribution in [1.29, 1.82) is 0 Å². The maximum absolute atomic E-state index is 13.6. The molecule has 1 aromatic rings. The third kappa shape index (κ3) is 4.30. The fraction of sp³-hybridized carbons (Fsp3) is 0.611. The Bertz CT molecular complexity index is 527. The predicted molar refractivity (Wildman–Crippen MR) is 86.6 cm³/mol. The van der Waals surface area contributed by atoms with Gasteiger partial charge in [0.1, 0.15) is 5.82 Å². The van der Waals surface area contributed by atoms with Crippen molar-refractivity contribution in [2.24, 2.45) is 5.92 Å². The molecule has 128 valence electrons. The summed E-state index contributed by atoms with van der Waals surface area (Å²) in [5.41, 5.74) is -0.0499. The predicted octanol–water partition coefficient (Wildman–Crippen LogP) is 2.40. The van der Waals surface area contributed by atoms with Crippen molar-refractivity contribution in [3.05, 3.63) is 35.6 Å². The van der Waals surface area contributed by atoms with Crippen LogP contribution < -0.4 is 5.32 Å². The third-order valence-corrected chi connectivity index (χ3v) is 4.65. The molecule has 4 nitrogen and oxygen atoms in total. The number of aliphatic hydroxyl groups excluding tert-OH is 1. The van der Waals surface area contributed by atoms with E-state index in [9.17, 15) is 14.3 Å². The van der Waals surface area contributed by atoms with Crippen molar-refractivity contribution in [2.45, 2.75) is 44.6 Å². The smallest absolute Gasteiger partial charge is 0.230 e. The van der Waals surface area contributed by atoms with Crippen molar-refractivity contribution in [3.8, 4) is 0 Å². The molecule has 0 spiro atoms. The molecular formula is C18H26FNO3. The number of benzene rings is 1. The average Bonchev–Trinajstić information content (AvgIpc) is 2.55. The van der Waals surface area contributed by atoms with E-state index in [0.29, 0.717) is 44.6 Å². The molecular weight excluding hydrogens is 297 g/mol. The largest absolute Gasteiger partial charge is 0.393 e. The molecule has 1 atom stereocenters. The molecule has 0 aromatic heterocycles. The summed E-state index contributed by atoms with van der Waals surface area (Å²) in [7, 11) is 0. The van der Waals surface area contributed by atoms with E-state index in [4.69, 9.17) is 4.74 Å². The van der Waals surface area contributed by atoms with Crippen LogP contribution in [0.3, 0.4) is 0 Å². The van der Waals surface area contributed by atoms with Gasteiger partial charge in [0.15, 0.2) is 0 Å². The van der Waals surface area contributed by atoms with Gasteiger partial charge in [0.05, 0.1) is 11.5 Å². The highest BCUT2D eigenvalue weighted by Gasteiger charge is 2.41. The van der Waals surface area contributed by atoms with Crippen LogP contribution in [-0.4, -0.2) is 36.9 Å². The molecule has 1 aromatic carbocycles. The van der Waals surface area contributed by atoms with Gasteiger partial charge in [-0.1, -0.05) is 26.0 Å². The van der Waals surface area contributed by atoms with Crippen LogP contribution in [-0.2, 0) is 14.9 Å². The van der Waals surface area contributed by atoms with Crippen molar-refractivity contribution in [1.82, 2.24) is 5.32 Å². The Balaban J connectivity index is 2.10. The average molecular weight is 323 g/mol. The minimum atomic E-state index is -0.747. The molecule has 0 aliphatic carbocycles. The van der Waals surface area contributed by atoms with Crippen LogP contribution in [0.1, 0.15) is 38.7 Å². The summed E-state index contributed by atoms with van der Waals surface area (Å²) in [6, 6.07) is 6.26. The van der Waals surface area contributed by atoms with Crippen LogP contribution in [0.5, 0.6) is 0 Å².